The third-order valence-corrected chi connectivity index (χ3v) is 5.17. The van der Waals surface area contributed by atoms with Crippen molar-refractivity contribution in [3.63, 3.8) is 0 Å². The van der Waals surface area contributed by atoms with Crippen LogP contribution in [0.2, 0.25) is 5.02 Å². The van der Waals surface area contributed by atoms with Crippen LogP contribution in [0, 0.1) is 0 Å². The molecule has 0 spiro atoms. The molecule has 0 atom stereocenters. The number of fused-ring (bicyclic) bond motifs is 1. The van der Waals surface area contributed by atoms with Crippen LogP contribution in [-0.4, -0.2) is 35.6 Å². The summed E-state index contributed by atoms with van der Waals surface area (Å²) in [6.07, 6.45) is 4.17. The highest BCUT2D eigenvalue weighted by Gasteiger charge is 2.26. The number of amides is 2. The second-order valence-electron chi connectivity index (χ2n) is 6.80. The first-order chi connectivity index (χ1) is 14.2. The maximum absolute atomic E-state index is 13.1. The van der Waals surface area contributed by atoms with Gasteiger partial charge in [0.25, 0.3) is 0 Å². The lowest BCUT2D eigenvalue weighted by atomic mass is 10.1. The molecule has 1 aliphatic rings. The topological polar surface area (TPSA) is 61.4 Å². The zero-order valence-corrected chi connectivity index (χ0v) is 16.9. The second kappa shape index (κ2) is 8.49. The molecule has 4 rings (SSSR count). The van der Waals surface area contributed by atoms with Crippen LogP contribution in [0.3, 0.4) is 0 Å². The smallest absolute Gasteiger partial charge is 0.327 e. The maximum atomic E-state index is 13.1. The first kappa shape index (κ1) is 19.2. The molecule has 2 aromatic heterocycles. The standard InChI is InChI=1S/C22H22ClN5O/c1-2-27-13-4-14-28(22(29)25-18-9-11-24-12-10-18)21-20(27)8-7-19(26-21)16-5-3-6-17(23)15-16/h3,5-12,15H,2,4,13-14H2,1H3,(H,24,25,29). The van der Waals surface area contributed by atoms with Gasteiger partial charge in [-0.25, -0.2) is 9.78 Å². The summed E-state index contributed by atoms with van der Waals surface area (Å²) in [6.45, 7) is 4.43. The zero-order chi connectivity index (χ0) is 20.2. The van der Waals surface area contributed by atoms with Crippen molar-refractivity contribution in [2.75, 3.05) is 34.8 Å². The molecule has 0 bridgehead atoms. The number of nitrogens with zero attached hydrogens (tertiary/aromatic N) is 4. The van der Waals surface area contributed by atoms with Crippen molar-refractivity contribution in [1.29, 1.82) is 0 Å². The molecule has 29 heavy (non-hydrogen) atoms. The number of pyridine rings is 2. The molecule has 1 N–H and O–H groups in total. The molecular formula is C22H22ClN5O. The van der Waals surface area contributed by atoms with Gasteiger partial charge in [-0.15, -0.1) is 0 Å². The van der Waals surface area contributed by atoms with Crippen molar-refractivity contribution in [2.24, 2.45) is 0 Å². The monoisotopic (exact) mass is 407 g/mol. The van der Waals surface area contributed by atoms with E-state index in [1.165, 1.54) is 0 Å². The predicted molar refractivity (Wildman–Crippen MR) is 118 cm³/mol. The largest absolute Gasteiger partial charge is 0.369 e. The molecular weight excluding hydrogens is 386 g/mol. The number of aromatic nitrogens is 2. The van der Waals surface area contributed by atoms with Crippen LogP contribution in [0.4, 0.5) is 22.0 Å². The van der Waals surface area contributed by atoms with Crippen LogP contribution in [0.15, 0.2) is 60.9 Å². The van der Waals surface area contributed by atoms with E-state index in [1.807, 2.05) is 36.4 Å². The van der Waals surface area contributed by atoms with Crippen molar-refractivity contribution in [1.82, 2.24) is 9.97 Å². The number of hydrogen-bond acceptors (Lipinski definition) is 4. The molecule has 3 heterocycles. The van der Waals surface area contributed by atoms with Gasteiger partial charge >= 0.3 is 6.03 Å². The highest BCUT2D eigenvalue weighted by atomic mass is 35.5. The first-order valence-electron chi connectivity index (χ1n) is 9.66. The van der Waals surface area contributed by atoms with E-state index in [1.54, 1.807) is 29.4 Å². The van der Waals surface area contributed by atoms with E-state index in [9.17, 15) is 4.79 Å². The molecule has 1 aromatic carbocycles. The van der Waals surface area contributed by atoms with Crippen molar-refractivity contribution in [3.8, 4) is 11.3 Å². The van der Waals surface area contributed by atoms with Gasteiger partial charge in [0.15, 0.2) is 5.82 Å². The summed E-state index contributed by atoms with van der Waals surface area (Å²) in [4.78, 5) is 25.9. The average molecular weight is 408 g/mol. The van der Waals surface area contributed by atoms with Gasteiger partial charge in [0.2, 0.25) is 0 Å². The van der Waals surface area contributed by atoms with E-state index >= 15 is 0 Å². The molecule has 6 nitrogen and oxygen atoms in total. The maximum Gasteiger partial charge on any atom is 0.327 e. The molecule has 0 aliphatic carbocycles. The fourth-order valence-corrected chi connectivity index (χ4v) is 3.68. The van der Waals surface area contributed by atoms with Gasteiger partial charge in [-0.3, -0.25) is 9.88 Å². The Morgan fingerprint density at radius 3 is 2.72 bits per heavy atom. The number of carbonyl (C=O) groups excluding carboxylic acids is 1. The Balaban J connectivity index is 1.74. The number of nitrogens with one attached hydrogen (secondary N) is 1. The lowest BCUT2D eigenvalue weighted by Gasteiger charge is -2.25. The van der Waals surface area contributed by atoms with Gasteiger partial charge in [-0.05, 0) is 49.7 Å². The normalized spacial score (nSPS) is 13.6. The average Bonchev–Trinajstić information content (AvgIpc) is 2.93. The minimum absolute atomic E-state index is 0.203. The van der Waals surface area contributed by atoms with Crippen LogP contribution >= 0.6 is 11.6 Å². The number of rotatable bonds is 3. The second-order valence-corrected chi connectivity index (χ2v) is 7.24. The van der Waals surface area contributed by atoms with Crippen LogP contribution in [0.5, 0.6) is 0 Å². The SMILES string of the molecule is CCN1CCCN(C(=O)Nc2ccncc2)c2nc(-c3cccc(Cl)c3)ccc21. The van der Waals surface area contributed by atoms with Crippen LogP contribution in [-0.2, 0) is 0 Å². The quantitative estimate of drug-likeness (QED) is 0.658. The number of benzene rings is 1. The Morgan fingerprint density at radius 2 is 1.97 bits per heavy atom. The molecule has 0 saturated carbocycles. The van der Waals surface area contributed by atoms with E-state index in [-0.39, 0.29) is 6.03 Å². The summed E-state index contributed by atoms with van der Waals surface area (Å²) in [5, 5.41) is 3.60. The molecule has 0 unspecified atom stereocenters. The fourth-order valence-electron chi connectivity index (χ4n) is 3.49. The van der Waals surface area contributed by atoms with E-state index in [0.717, 1.165) is 36.5 Å². The number of urea groups is 1. The van der Waals surface area contributed by atoms with Crippen molar-refractivity contribution in [2.45, 2.75) is 13.3 Å². The molecule has 148 valence electrons. The molecule has 0 fully saturated rings. The van der Waals surface area contributed by atoms with Gasteiger partial charge in [0.1, 0.15) is 0 Å². The Bertz CT molecular complexity index is 1010. The molecule has 0 radical (unpaired) electrons. The highest BCUT2D eigenvalue weighted by molar-refractivity contribution is 6.30. The summed E-state index contributed by atoms with van der Waals surface area (Å²) in [6, 6.07) is 14.9. The van der Waals surface area contributed by atoms with Gasteiger partial charge in [0.05, 0.1) is 11.4 Å². The van der Waals surface area contributed by atoms with Gasteiger partial charge < -0.3 is 10.2 Å². The number of anilines is 3. The lowest BCUT2D eigenvalue weighted by Crippen LogP contribution is -2.36. The third-order valence-electron chi connectivity index (χ3n) is 4.94. The highest BCUT2D eigenvalue weighted by Crippen LogP contribution is 2.34. The fraction of sp³-hybridized carbons (Fsp3) is 0.227. The third kappa shape index (κ3) is 4.17. The van der Waals surface area contributed by atoms with Gasteiger partial charge in [-0.2, -0.15) is 0 Å². The zero-order valence-electron chi connectivity index (χ0n) is 16.2. The lowest BCUT2D eigenvalue weighted by molar-refractivity contribution is 0.257. The first-order valence-corrected chi connectivity index (χ1v) is 10.0. The Labute approximate surface area is 175 Å². The van der Waals surface area contributed by atoms with Crippen LogP contribution < -0.4 is 15.1 Å². The minimum Gasteiger partial charge on any atom is -0.369 e. The van der Waals surface area contributed by atoms with Crippen molar-refractivity contribution < 1.29 is 4.79 Å². The molecule has 0 saturated heterocycles. The van der Waals surface area contributed by atoms with E-state index < -0.39 is 0 Å². The molecule has 1 aliphatic heterocycles. The van der Waals surface area contributed by atoms with Crippen LogP contribution in [0.25, 0.3) is 11.3 Å². The van der Waals surface area contributed by atoms with Crippen LogP contribution in [0.1, 0.15) is 13.3 Å². The number of hydrogen-bond donors (Lipinski definition) is 1. The van der Waals surface area contributed by atoms with E-state index in [2.05, 4.69) is 22.1 Å². The summed E-state index contributed by atoms with van der Waals surface area (Å²) < 4.78 is 0. The molecule has 2 amide bonds. The summed E-state index contributed by atoms with van der Waals surface area (Å²) >= 11 is 6.16. The van der Waals surface area contributed by atoms with Crippen molar-refractivity contribution >= 4 is 34.8 Å². The number of halogens is 1. The Hall–Kier alpha value is -3.12. The summed E-state index contributed by atoms with van der Waals surface area (Å²) in [7, 11) is 0. The summed E-state index contributed by atoms with van der Waals surface area (Å²) in [5.74, 6) is 0.661. The molecule has 3 aromatic rings. The summed E-state index contributed by atoms with van der Waals surface area (Å²) in [5.41, 5.74) is 3.36. The Morgan fingerprint density at radius 1 is 1.14 bits per heavy atom. The minimum atomic E-state index is -0.203. The van der Waals surface area contributed by atoms with E-state index in [0.29, 0.717) is 23.1 Å². The van der Waals surface area contributed by atoms with Gasteiger partial charge in [-0.1, -0.05) is 23.7 Å². The number of carbonyl (C=O) groups is 1. The molecule has 7 heteroatoms. The Kier molecular flexibility index (Phi) is 5.62. The van der Waals surface area contributed by atoms with Crippen molar-refractivity contribution in [3.05, 3.63) is 65.9 Å². The van der Waals surface area contributed by atoms with E-state index in [4.69, 9.17) is 16.6 Å². The van der Waals surface area contributed by atoms with Gasteiger partial charge in [0, 0.05) is 48.3 Å². The predicted octanol–water partition coefficient (Wildman–Crippen LogP) is 5.07.